The van der Waals surface area contributed by atoms with Gasteiger partial charge >= 0.3 is 5.97 Å². The number of rotatable bonds is 11. The van der Waals surface area contributed by atoms with Crippen LogP contribution in [0.15, 0.2) is 4.99 Å². The monoisotopic (exact) mass is 399 g/mol. The molecule has 1 aliphatic heterocycles. The Labute approximate surface area is 162 Å². The number of guanidine groups is 1. The number of hydrogen-bond acceptors (Lipinski definition) is 6. The number of carbonyl (C=O) groups excluding carboxylic acids is 3. The summed E-state index contributed by atoms with van der Waals surface area (Å²) < 4.78 is 0. The quantitative estimate of drug-likeness (QED) is 0.121. The molecule has 0 unspecified atom stereocenters. The van der Waals surface area contributed by atoms with Gasteiger partial charge in [-0.3, -0.25) is 19.4 Å². The molecule has 0 saturated carbocycles. The van der Waals surface area contributed by atoms with Crippen molar-refractivity contribution in [1.82, 2.24) is 10.2 Å². The Morgan fingerprint density at radius 3 is 2.43 bits per heavy atom. The van der Waals surface area contributed by atoms with Crippen LogP contribution in [-0.4, -0.2) is 70.9 Å². The topological polar surface area (TPSA) is 220 Å². The summed E-state index contributed by atoms with van der Waals surface area (Å²) in [6.07, 6.45) is 1.48. The second-order valence-electron chi connectivity index (χ2n) is 6.65. The summed E-state index contributed by atoms with van der Waals surface area (Å²) in [5.74, 6) is -2.88. The molecule has 1 heterocycles. The second kappa shape index (κ2) is 11.1. The average Bonchev–Trinajstić information content (AvgIpc) is 3.11. The van der Waals surface area contributed by atoms with Crippen LogP contribution in [0.4, 0.5) is 0 Å². The van der Waals surface area contributed by atoms with Crippen molar-refractivity contribution in [1.29, 1.82) is 0 Å². The van der Waals surface area contributed by atoms with Crippen LogP contribution >= 0.6 is 0 Å². The third kappa shape index (κ3) is 7.39. The molecule has 1 aliphatic rings. The van der Waals surface area contributed by atoms with Gasteiger partial charge in [0.15, 0.2) is 5.96 Å². The molecule has 0 aliphatic carbocycles. The van der Waals surface area contributed by atoms with E-state index in [0.29, 0.717) is 25.8 Å². The number of primary amides is 1. The molecule has 0 aromatic rings. The Morgan fingerprint density at radius 1 is 1.18 bits per heavy atom. The molecule has 0 radical (unpaired) electrons. The third-order valence-electron chi connectivity index (χ3n) is 4.42. The molecular weight excluding hydrogens is 370 g/mol. The molecule has 0 bridgehead atoms. The largest absolute Gasteiger partial charge is 0.480 e. The fourth-order valence-corrected chi connectivity index (χ4v) is 2.96. The molecular formula is C16H29N7O5. The fraction of sp³-hybridized carbons (Fsp3) is 0.688. The van der Waals surface area contributed by atoms with Crippen molar-refractivity contribution in [2.45, 2.75) is 56.7 Å². The zero-order valence-electron chi connectivity index (χ0n) is 15.7. The molecule has 28 heavy (non-hydrogen) atoms. The molecule has 10 N–H and O–H groups in total. The van der Waals surface area contributed by atoms with Gasteiger partial charge in [-0.15, -0.1) is 0 Å². The van der Waals surface area contributed by atoms with E-state index in [9.17, 15) is 24.3 Å². The minimum atomic E-state index is -1.09. The lowest BCUT2D eigenvalue weighted by molar-refractivity contribution is -0.149. The van der Waals surface area contributed by atoms with E-state index >= 15 is 0 Å². The Bertz CT molecular complexity index is 621. The number of nitrogens with one attached hydrogen (secondary N) is 1. The summed E-state index contributed by atoms with van der Waals surface area (Å²) in [4.78, 5) is 52.4. The molecule has 1 fully saturated rings. The Hall–Kier alpha value is -2.89. The number of likely N-dealkylation sites (tertiary alicyclic amines) is 1. The Kier molecular flexibility index (Phi) is 9.15. The van der Waals surface area contributed by atoms with E-state index in [1.54, 1.807) is 0 Å². The Balaban J connectivity index is 2.81. The van der Waals surface area contributed by atoms with Crippen LogP contribution in [0.25, 0.3) is 0 Å². The minimum Gasteiger partial charge on any atom is -0.480 e. The number of nitrogens with zero attached hydrogens (tertiary/aromatic N) is 2. The second-order valence-corrected chi connectivity index (χ2v) is 6.65. The predicted molar refractivity (Wildman–Crippen MR) is 101 cm³/mol. The molecule has 3 amide bonds. The van der Waals surface area contributed by atoms with Crippen LogP contribution in [0.5, 0.6) is 0 Å². The van der Waals surface area contributed by atoms with Crippen molar-refractivity contribution in [3.05, 3.63) is 0 Å². The van der Waals surface area contributed by atoms with Gasteiger partial charge in [0.1, 0.15) is 12.1 Å². The van der Waals surface area contributed by atoms with Crippen LogP contribution in [0.1, 0.15) is 38.5 Å². The first-order valence-electron chi connectivity index (χ1n) is 9.06. The van der Waals surface area contributed by atoms with Crippen molar-refractivity contribution >= 4 is 29.7 Å². The number of aliphatic imine (C=N–C) groups is 1. The molecule has 0 spiro atoms. The van der Waals surface area contributed by atoms with Crippen molar-refractivity contribution in [2.24, 2.45) is 27.9 Å². The van der Waals surface area contributed by atoms with Gasteiger partial charge in [-0.2, -0.15) is 0 Å². The molecule has 0 aromatic carbocycles. The van der Waals surface area contributed by atoms with Gasteiger partial charge in [-0.1, -0.05) is 0 Å². The number of amides is 3. The summed E-state index contributed by atoms with van der Waals surface area (Å²) >= 11 is 0. The van der Waals surface area contributed by atoms with Gasteiger partial charge in [0.2, 0.25) is 17.7 Å². The highest BCUT2D eigenvalue weighted by Crippen LogP contribution is 2.19. The molecule has 12 nitrogen and oxygen atoms in total. The maximum Gasteiger partial charge on any atom is 0.326 e. The molecule has 1 rings (SSSR count). The number of nitrogens with two attached hydrogens (primary N) is 4. The van der Waals surface area contributed by atoms with Gasteiger partial charge in [0.05, 0.1) is 6.04 Å². The number of carbonyl (C=O) groups is 4. The lowest BCUT2D eigenvalue weighted by Crippen LogP contribution is -2.54. The molecule has 158 valence electrons. The van der Waals surface area contributed by atoms with Gasteiger partial charge in [0.25, 0.3) is 0 Å². The Morgan fingerprint density at radius 2 is 1.86 bits per heavy atom. The van der Waals surface area contributed by atoms with Crippen LogP contribution in [0.2, 0.25) is 0 Å². The third-order valence-corrected chi connectivity index (χ3v) is 4.42. The van der Waals surface area contributed by atoms with E-state index in [1.807, 2.05) is 0 Å². The highest BCUT2D eigenvalue weighted by Gasteiger charge is 2.37. The molecule has 0 aromatic heterocycles. The van der Waals surface area contributed by atoms with E-state index < -0.39 is 41.8 Å². The minimum absolute atomic E-state index is 0.0392. The van der Waals surface area contributed by atoms with Gasteiger partial charge in [0, 0.05) is 19.5 Å². The number of carboxylic acids is 1. The average molecular weight is 399 g/mol. The van der Waals surface area contributed by atoms with Crippen LogP contribution in [0, 0.1) is 0 Å². The summed E-state index contributed by atoms with van der Waals surface area (Å²) in [6.45, 7) is 0.544. The van der Waals surface area contributed by atoms with Gasteiger partial charge in [-0.25, -0.2) is 4.79 Å². The van der Waals surface area contributed by atoms with E-state index in [4.69, 9.17) is 22.9 Å². The lowest BCUT2D eigenvalue weighted by Gasteiger charge is -2.28. The van der Waals surface area contributed by atoms with Crippen LogP contribution < -0.4 is 28.3 Å². The van der Waals surface area contributed by atoms with Crippen LogP contribution in [0.3, 0.4) is 0 Å². The SMILES string of the molecule is NC(=O)CC[C@H](N)C(=O)N[C@@H](CCCN=C(N)N)C(=O)N1CCC[C@H]1C(=O)O. The molecule has 1 saturated heterocycles. The zero-order chi connectivity index (χ0) is 21.3. The summed E-state index contributed by atoms with van der Waals surface area (Å²) in [7, 11) is 0. The van der Waals surface area contributed by atoms with E-state index in [0.717, 1.165) is 0 Å². The summed E-state index contributed by atoms with van der Waals surface area (Å²) in [5.41, 5.74) is 21.3. The smallest absolute Gasteiger partial charge is 0.326 e. The van der Waals surface area contributed by atoms with Gasteiger partial charge < -0.3 is 38.3 Å². The standard InChI is InChI=1S/C16H29N7O5/c17-9(5-6-12(18)24)13(25)22-10(3-1-7-21-16(19)20)14(26)23-8-2-4-11(23)15(27)28/h9-11H,1-8,17H2,(H2,18,24)(H,22,25)(H,27,28)(H4,19,20,21)/t9-,10-,11-/m0/s1. The van der Waals surface area contributed by atoms with E-state index in [2.05, 4.69) is 10.3 Å². The fourth-order valence-electron chi connectivity index (χ4n) is 2.96. The summed E-state index contributed by atoms with van der Waals surface area (Å²) in [6, 6.07) is -2.91. The van der Waals surface area contributed by atoms with Crippen molar-refractivity contribution in [2.75, 3.05) is 13.1 Å². The van der Waals surface area contributed by atoms with Crippen molar-refractivity contribution in [3.8, 4) is 0 Å². The highest BCUT2D eigenvalue weighted by atomic mass is 16.4. The van der Waals surface area contributed by atoms with Crippen molar-refractivity contribution < 1.29 is 24.3 Å². The van der Waals surface area contributed by atoms with Gasteiger partial charge in [-0.05, 0) is 32.1 Å². The van der Waals surface area contributed by atoms with E-state index in [-0.39, 0.29) is 31.8 Å². The number of carboxylic acid groups (broad SMARTS) is 1. The first kappa shape index (κ1) is 23.1. The van der Waals surface area contributed by atoms with E-state index in [1.165, 1.54) is 4.90 Å². The lowest BCUT2D eigenvalue weighted by atomic mass is 10.1. The summed E-state index contributed by atoms with van der Waals surface area (Å²) in [5, 5.41) is 11.8. The number of aliphatic carboxylic acids is 1. The maximum absolute atomic E-state index is 12.9. The zero-order valence-corrected chi connectivity index (χ0v) is 15.7. The molecule has 3 atom stereocenters. The first-order chi connectivity index (χ1) is 13.1. The molecule has 12 heteroatoms. The van der Waals surface area contributed by atoms with Crippen LogP contribution in [-0.2, 0) is 19.2 Å². The normalized spacial score (nSPS) is 18.2. The predicted octanol–water partition coefficient (Wildman–Crippen LogP) is -2.81. The number of hydrogen-bond donors (Lipinski definition) is 6. The van der Waals surface area contributed by atoms with Crippen molar-refractivity contribution in [3.63, 3.8) is 0 Å². The maximum atomic E-state index is 12.9. The first-order valence-corrected chi connectivity index (χ1v) is 9.06. The highest BCUT2D eigenvalue weighted by molar-refractivity contribution is 5.92.